The molecule has 0 amide bonds. The van der Waals surface area contributed by atoms with Gasteiger partial charge < -0.3 is 21.5 Å². The molecule has 0 atom stereocenters. The minimum Gasteiger partial charge on any atom is -0.492 e. The molecule has 1 aromatic carbocycles. The Labute approximate surface area is 158 Å². The van der Waals surface area contributed by atoms with Crippen LogP contribution in [0.3, 0.4) is 0 Å². The Bertz CT molecular complexity index is 929. The fourth-order valence-corrected chi connectivity index (χ4v) is 3.91. The SMILES string of the molecule is CCOc1ccccc1Nc1c2nccn2nc(N)c1[C@H]1CC[C@H](N)CC1. The number of ether oxygens (including phenoxy) is 1. The molecule has 1 fully saturated rings. The average molecular weight is 366 g/mol. The number of fused-ring (bicyclic) bond motifs is 1. The van der Waals surface area contributed by atoms with Crippen LogP contribution in [0.25, 0.3) is 5.65 Å². The summed E-state index contributed by atoms with van der Waals surface area (Å²) in [6.45, 7) is 2.58. The van der Waals surface area contributed by atoms with Gasteiger partial charge in [0.2, 0.25) is 0 Å². The van der Waals surface area contributed by atoms with E-state index < -0.39 is 0 Å². The van der Waals surface area contributed by atoms with E-state index in [4.69, 9.17) is 16.2 Å². The summed E-state index contributed by atoms with van der Waals surface area (Å²) in [5.41, 5.74) is 16.1. The van der Waals surface area contributed by atoms with Crippen LogP contribution in [0.15, 0.2) is 36.7 Å². The van der Waals surface area contributed by atoms with E-state index in [9.17, 15) is 0 Å². The molecule has 27 heavy (non-hydrogen) atoms. The number of aromatic nitrogens is 3. The maximum atomic E-state index is 6.40. The molecular weight excluding hydrogens is 340 g/mol. The van der Waals surface area contributed by atoms with Gasteiger partial charge >= 0.3 is 0 Å². The van der Waals surface area contributed by atoms with Gasteiger partial charge in [-0.2, -0.15) is 0 Å². The molecule has 1 aliphatic rings. The van der Waals surface area contributed by atoms with Gasteiger partial charge in [-0.3, -0.25) is 0 Å². The van der Waals surface area contributed by atoms with Crippen molar-refractivity contribution in [2.45, 2.75) is 44.6 Å². The van der Waals surface area contributed by atoms with Crippen LogP contribution in [0.4, 0.5) is 17.2 Å². The van der Waals surface area contributed by atoms with Gasteiger partial charge in [-0.15, -0.1) is 5.10 Å². The van der Waals surface area contributed by atoms with Crippen molar-refractivity contribution in [3.8, 4) is 5.75 Å². The molecule has 0 saturated heterocycles. The normalized spacial score (nSPS) is 19.9. The first kappa shape index (κ1) is 17.6. The van der Waals surface area contributed by atoms with Gasteiger partial charge in [-0.1, -0.05) is 12.1 Å². The van der Waals surface area contributed by atoms with Gasteiger partial charge in [0.25, 0.3) is 0 Å². The second-order valence-electron chi connectivity index (χ2n) is 7.04. The Morgan fingerprint density at radius 2 is 2.00 bits per heavy atom. The van der Waals surface area contributed by atoms with Crippen LogP contribution in [0, 0.1) is 0 Å². The molecule has 7 nitrogen and oxygen atoms in total. The summed E-state index contributed by atoms with van der Waals surface area (Å²) in [6, 6.07) is 8.18. The number of hydrogen-bond acceptors (Lipinski definition) is 6. The summed E-state index contributed by atoms with van der Waals surface area (Å²) in [4.78, 5) is 4.52. The van der Waals surface area contributed by atoms with E-state index >= 15 is 0 Å². The number of nitrogens with two attached hydrogens (primary N) is 2. The van der Waals surface area contributed by atoms with E-state index in [2.05, 4.69) is 15.4 Å². The summed E-state index contributed by atoms with van der Waals surface area (Å²) in [6.07, 6.45) is 7.56. The van der Waals surface area contributed by atoms with E-state index in [-0.39, 0.29) is 6.04 Å². The molecule has 4 rings (SSSR count). The van der Waals surface area contributed by atoms with Crippen LogP contribution in [-0.4, -0.2) is 27.2 Å². The first-order valence-electron chi connectivity index (χ1n) is 9.54. The van der Waals surface area contributed by atoms with Crippen molar-refractivity contribution in [3.05, 3.63) is 42.2 Å². The molecule has 3 aromatic rings. The summed E-state index contributed by atoms with van der Waals surface area (Å²) in [5, 5.41) is 8.07. The van der Waals surface area contributed by atoms with Crippen LogP contribution >= 0.6 is 0 Å². The maximum Gasteiger partial charge on any atom is 0.177 e. The topological polar surface area (TPSA) is 103 Å². The summed E-state index contributed by atoms with van der Waals surface area (Å²) in [5.74, 6) is 1.66. The molecule has 1 aliphatic carbocycles. The molecule has 5 N–H and O–H groups in total. The molecular formula is C20H26N6O. The van der Waals surface area contributed by atoms with Crippen molar-refractivity contribution in [3.63, 3.8) is 0 Å². The van der Waals surface area contributed by atoms with Gasteiger partial charge in [0.15, 0.2) is 5.65 Å². The summed E-state index contributed by atoms with van der Waals surface area (Å²) >= 11 is 0. The zero-order chi connectivity index (χ0) is 18.8. The van der Waals surface area contributed by atoms with Crippen molar-refractivity contribution in [2.24, 2.45) is 5.73 Å². The highest BCUT2D eigenvalue weighted by Gasteiger charge is 2.27. The predicted molar refractivity (Wildman–Crippen MR) is 107 cm³/mol. The molecule has 0 unspecified atom stereocenters. The number of hydrogen-bond donors (Lipinski definition) is 3. The molecule has 7 heteroatoms. The number of para-hydroxylation sites is 2. The maximum absolute atomic E-state index is 6.40. The zero-order valence-electron chi connectivity index (χ0n) is 15.6. The van der Waals surface area contributed by atoms with Gasteiger partial charge in [0.1, 0.15) is 11.6 Å². The fraction of sp³-hybridized carbons (Fsp3) is 0.400. The predicted octanol–water partition coefficient (Wildman–Crippen LogP) is 3.44. The van der Waals surface area contributed by atoms with Crippen LogP contribution < -0.4 is 21.5 Å². The van der Waals surface area contributed by atoms with Crippen LogP contribution in [0.5, 0.6) is 5.75 Å². The molecule has 0 radical (unpaired) electrons. The van der Waals surface area contributed by atoms with Gasteiger partial charge in [0, 0.05) is 24.0 Å². The lowest BCUT2D eigenvalue weighted by Crippen LogP contribution is -2.26. The molecule has 0 aliphatic heterocycles. The third-order valence-corrected chi connectivity index (χ3v) is 5.23. The number of nitrogens with zero attached hydrogens (tertiary/aromatic N) is 3. The summed E-state index contributed by atoms with van der Waals surface area (Å²) in [7, 11) is 0. The van der Waals surface area contributed by atoms with Gasteiger partial charge in [0.05, 0.1) is 18.0 Å². The monoisotopic (exact) mass is 366 g/mol. The number of nitrogens with one attached hydrogen (secondary N) is 1. The minimum atomic E-state index is 0.278. The van der Waals surface area contributed by atoms with E-state index in [1.807, 2.05) is 37.4 Å². The van der Waals surface area contributed by atoms with Crippen LogP contribution in [0.2, 0.25) is 0 Å². The van der Waals surface area contributed by atoms with E-state index in [1.54, 1.807) is 10.7 Å². The second-order valence-corrected chi connectivity index (χ2v) is 7.04. The third kappa shape index (κ3) is 3.42. The zero-order valence-corrected chi connectivity index (χ0v) is 15.6. The highest BCUT2D eigenvalue weighted by Crippen LogP contribution is 2.42. The number of nitrogen functional groups attached to an aromatic ring is 1. The van der Waals surface area contributed by atoms with Gasteiger partial charge in [-0.25, -0.2) is 9.50 Å². The van der Waals surface area contributed by atoms with Crippen molar-refractivity contribution in [1.29, 1.82) is 0 Å². The van der Waals surface area contributed by atoms with Crippen molar-refractivity contribution in [1.82, 2.24) is 14.6 Å². The molecule has 2 heterocycles. The van der Waals surface area contributed by atoms with E-state index in [0.717, 1.165) is 54.0 Å². The summed E-state index contributed by atoms with van der Waals surface area (Å²) < 4.78 is 7.50. The fourth-order valence-electron chi connectivity index (χ4n) is 3.91. The van der Waals surface area contributed by atoms with Crippen molar-refractivity contribution in [2.75, 3.05) is 17.7 Å². The smallest absolute Gasteiger partial charge is 0.177 e. The minimum absolute atomic E-state index is 0.278. The Hall–Kier alpha value is -2.80. The van der Waals surface area contributed by atoms with Crippen LogP contribution in [0.1, 0.15) is 44.1 Å². The second kappa shape index (κ2) is 7.44. The molecule has 142 valence electrons. The Morgan fingerprint density at radius 1 is 1.22 bits per heavy atom. The van der Waals surface area contributed by atoms with Gasteiger partial charge in [-0.05, 0) is 50.7 Å². The first-order chi connectivity index (χ1) is 13.2. The average Bonchev–Trinajstić information content (AvgIpc) is 3.13. The Kier molecular flexibility index (Phi) is 4.85. The highest BCUT2D eigenvalue weighted by molar-refractivity contribution is 5.82. The van der Waals surface area contributed by atoms with Crippen LogP contribution in [-0.2, 0) is 0 Å². The van der Waals surface area contributed by atoms with Crippen molar-refractivity contribution >= 4 is 22.8 Å². The molecule has 1 saturated carbocycles. The third-order valence-electron chi connectivity index (χ3n) is 5.23. The lowest BCUT2D eigenvalue weighted by Gasteiger charge is -2.29. The number of anilines is 3. The first-order valence-corrected chi connectivity index (χ1v) is 9.54. The Balaban J connectivity index is 1.81. The van der Waals surface area contributed by atoms with E-state index in [1.165, 1.54) is 0 Å². The molecule has 0 spiro atoms. The quantitative estimate of drug-likeness (QED) is 0.639. The molecule has 2 aromatic heterocycles. The Morgan fingerprint density at radius 3 is 2.78 bits per heavy atom. The van der Waals surface area contributed by atoms with E-state index in [0.29, 0.717) is 18.3 Å². The standard InChI is InChI=1S/C20H26N6O/c1-2-27-16-6-4-3-5-15(16)24-18-17(13-7-9-14(21)10-8-13)19(22)25-26-12-11-23-20(18)26/h3-6,11-14,24H,2,7-10,21H2,1H3,(H2,22,25)/t13-,14-. The lowest BCUT2D eigenvalue weighted by molar-refractivity contribution is 0.342. The molecule has 0 bridgehead atoms. The highest BCUT2D eigenvalue weighted by atomic mass is 16.5. The number of benzene rings is 1. The van der Waals surface area contributed by atoms with Crippen molar-refractivity contribution < 1.29 is 4.74 Å². The number of imidazole rings is 1. The largest absolute Gasteiger partial charge is 0.492 e. The lowest BCUT2D eigenvalue weighted by atomic mass is 9.81. The number of rotatable bonds is 5.